The number of ether oxygens (including phenoxy) is 1. The second-order valence-corrected chi connectivity index (χ2v) is 4.57. The highest BCUT2D eigenvalue weighted by atomic mass is 16.5. The molecule has 1 fully saturated rings. The van der Waals surface area contributed by atoms with Crippen molar-refractivity contribution in [1.82, 2.24) is 5.32 Å². The largest absolute Gasteiger partial charge is 0.409 e. The molecule has 0 aromatic carbocycles. The van der Waals surface area contributed by atoms with Gasteiger partial charge >= 0.3 is 0 Å². The molecule has 1 rings (SSSR count). The van der Waals surface area contributed by atoms with Gasteiger partial charge in [-0.05, 0) is 26.2 Å². The Balaban J connectivity index is 2.64. The zero-order valence-electron chi connectivity index (χ0n) is 10.4. The van der Waals surface area contributed by atoms with Gasteiger partial charge in [-0.2, -0.15) is 0 Å². The number of amides is 1. The molecule has 0 aromatic heterocycles. The van der Waals surface area contributed by atoms with E-state index in [0.717, 1.165) is 19.4 Å². The first-order valence-electron chi connectivity index (χ1n) is 5.91. The molecule has 0 aliphatic carbocycles. The maximum absolute atomic E-state index is 12.0. The number of oxime groups is 1. The first kappa shape index (κ1) is 13.8. The van der Waals surface area contributed by atoms with Gasteiger partial charge in [0.25, 0.3) is 0 Å². The van der Waals surface area contributed by atoms with Crippen molar-refractivity contribution in [3.63, 3.8) is 0 Å². The predicted molar refractivity (Wildman–Crippen MR) is 63.8 cm³/mol. The van der Waals surface area contributed by atoms with E-state index in [4.69, 9.17) is 15.7 Å². The summed E-state index contributed by atoms with van der Waals surface area (Å²) in [5, 5.41) is 14.5. The Morgan fingerprint density at radius 2 is 2.41 bits per heavy atom. The molecule has 6 heteroatoms. The SMILES string of the molecule is CCC(C)(NC(=O)C1CCCOC1)C(N)=NO. The van der Waals surface area contributed by atoms with Crippen LogP contribution in [-0.2, 0) is 9.53 Å². The molecule has 1 aliphatic heterocycles. The number of nitrogens with zero attached hydrogens (tertiary/aromatic N) is 1. The number of nitrogens with one attached hydrogen (secondary N) is 1. The minimum absolute atomic E-state index is 0.0186. The van der Waals surface area contributed by atoms with Crippen LogP contribution in [0.3, 0.4) is 0 Å². The summed E-state index contributed by atoms with van der Waals surface area (Å²) in [5.41, 5.74) is 4.79. The second-order valence-electron chi connectivity index (χ2n) is 4.57. The predicted octanol–water partition coefficient (Wildman–Crippen LogP) is 0.444. The van der Waals surface area contributed by atoms with Gasteiger partial charge in [0, 0.05) is 6.61 Å². The number of amidine groups is 1. The van der Waals surface area contributed by atoms with Gasteiger partial charge in [-0.1, -0.05) is 12.1 Å². The molecule has 0 saturated carbocycles. The van der Waals surface area contributed by atoms with Crippen molar-refractivity contribution < 1.29 is 14.7 Å². The lowest BCUT2D eigenvalue weighted by atomic mass is 9.94. The average molecular weight is 243 g/mol. The van der Waals surface area contributed by atoms with Gasteiger partial charge in [-0.3, -0.25) is 4.79 Å². The van der Waals surface area contributed by atoms with Crippen LogP contribution in [0.1, 0.15) is 33.1 Å². The smallest absolute Gasteiger partial charge is 0.226 e. The van der Waals surface area contributed by atoms with Crippen molar-refractivity contribution in [2.45, 2.75) is 38.6 Å². The third-order valence-electron chi connectivity index (χ3n) is 3.31. The number of rotatable bonds is 4. The molecule has 1 aliphatic rings. The first-order chi connectivity index (χ1) is 8.03. The van der Waals surface area contributed by atoms with Crippen LogP contribution in [0, 0.1) is 5.92 Å². The van der Waals surface area contributed by atoms with Crippen LogP contribution < -0.4 is 11.1 Å². The fraction of sp³-hybridized carbons (Fsp3) is 0.818. The zero-order valence-corrected chi connectivity index (χ0v) is 10.4. The second kappa shape index (κ2) is 5.86. The summed E-state index contributed by atoms with van der Waals surface area (Å²) in [6, 6.07) is 0. The van der Waals surface area contributed by atoms with Crippen LogP contribution in [-0.4, -0.2) is 35.7 Å². The number of hydrogen-bond acceptors (Lipinski definition) is 4. The Kier molecular flexibility index (Phi) is 4.74. The van der Waals surface area contributed by atoms with Crippen molar-refractivity contribution >= 4 is 11.7 Å². The monoisotopic (exact) mass is 243 g/mol. The number of carbonyl (C=O) groups excluding carboxylic acids is 1. The molecule has 0 bridgehead atoms. The molecule has 1 heterocycles. The van der Waals surface area contributed by atoms with E-state index >= 15 is 0 Å². The Labute approximate surface area is 101 Å². The lowest BCUT2D eigenvalue weighted by Crippen LogP contribution is -2.56. The molecular weight excluding hydrogens is 222 g/mol. The van der Waals surface area contributed by atoms with E-state index in [-0.39, 0.29) is 17.7 Å². The fourth-order valence-corrected chi connectivity index (χ4v) is 1.77. The average Bonchev–Trinajstić information content (AvgIpc) is 2.38. The first-order valence-corrected chi connectivity index (χ1v) is 5.91. The van der Waals surface area contributed by atoms with Crippen LogP contribution in [0.25, 0.3) is 0 Å². The maximum atomic E-state index is 12.0. The molecular formula is C11H21N3O3. The van der Waals surface area contributed by atoms with E-state index in [9.17, 15) is 4.79 Å². The number of hydrogen-bond donors (Lipinski definition) is 3. The van der Waals surface area contributed by atoms with Crippen LogP contribution in [0.15, 0.2) is 5.16 Å². The highest BCUT2D eigenvalue weighted by Crippen LogP contribution is 2.16. The summed E-state index contributed by atoms with van der Waals surface area (Å²) in [6.45, 7) is 4.77. The fourth-order valence-electron chi connectivity index (χ4n) is 1.77. The van der Waals surface area contributed by atoms with Gasteiger partial charge in [0.2, 0.25) is 5.91 Å². The minimum Gasteiger partial charge on any atom is -0.409 e. The van der Waals surface area contributed by atoms with Gasteiger partial charge in [-0.15, -0.1) is 0 Å². The number of carbonyl (C=O) groups is 1. The van der Waals surface area contributed by atoms with Crippen LogP contribution in [0.5, 0.6) is 0 Å². The Morgan fingerprint density at radius 1 is 1.71 bits per heavy atom. The Bertz CT molecular complexity index is 300. The molecule has 2 atom stereocenters. The van der Waals surface area contributed by atoms with Crippen LogP contribution in [0.4, 0.5) is 0 Å². The van der Waals surface area contributed by atoms with Gasteiger partial charge < -0.3 is 21.0 Å². The van der Waals surface area contributed by atoms with Gasteiger partial charge in [0.1, 0.15) is 0 Å². The Morgan fingerprint density at radius 3 is 2.88 bits per heavy atom. The van der Waals surface area contributed by atoms with Crippen LogP contribution >= 0.6 is 0 Å². The molecule has 2 unspecified atom stereocenters. The molecule has 0 spiro atoms. The quantitative estimate of drug-likeness (QED) is 0.289. The van der Waals surface area contributed by atoms with Gasteiger partial charge in [0.05, 0.1) is 18.1 Å². The maximum Gasteiger partial charge on any atom is 0.226 e. The third kappa shape index (κ3) is 3.33. The Hall–Kier alpha value is -1.30. The van der Waals surface area contributed by atoms with Gasteiger partial charge in [-0.25, -0.2) is 0 Å². The summed E-state index contributed by atoms with van der Waals surface area (Å²) in [4.78, 5) is 12.0. The summed E-state index contributed by atoms with van der Waals surface area (Å²) < 4.78 is 5.27. The van der Waals surface area contributed by atoms with E-state index in [1.54, 1.807) is 6.92 Å². The molecule has 4 N–H and O–H groups in total. The van der Waals surface area contributed by atoms with Crippen molar-refractivity contribution in [2.75, 3.05) is 13.2 Å². The minimum atomic E-state index is -0.802. The van der Waals surface area contributed by atoms with Gasteiger partial charge in [0.15, 0.2) is 5.84 Å². The molecule has 0 radical (unpaired) electrons. The van der Waals surface area contributed by atoms with Crippen molar-refractivity contribution in [3.05, 3.63) is 0 Å². The van der Waals surface area contributed by atoms with E-state index in [2.05, 4.69) is 10.5 Å². The standard InChI is InChI=1S/C11H21N3O3/c1-3-11(2,10(12)14-16)13-9(15)8-5-4-6-17-7-8/h8,16H,3-7H2,1-2H3,(H2,12,14)(H,13,15). The summed E-state index contributed by atoms with van der Waals surface area (Å²) >= 11 is 0. The number of nitrogens with two attached hydrogens (primary N) is 1. The van der Waals surface area contributed by atoms with E-state index < -0.39 is 5.54 Å². The highest BCUT2D eigenvalue weighted by Gasteiger charge is 2.32. The topological polar surface area (TPSA) is 96.9 Å². The summed E-state index contributed by atoms with van der Waals surface area (Å²) in [5.74, 6) is -0.216. The lowest BCUT2D eigenvalue weighted by Gasteiger charge is -2.31. The summed E-state index contributed by atoms with van der Waals surface area (Å²) in [6.07, 6.45) is 2.27. The van der Waals surface area contributed by atoms with Crippen molar-refractivity contribution in [2.24, 2.45) is 16.8 Å². The summed E-state index contributed by atoms with van der Waals surface area (Å²) in [7, 11) is 0. The van der Waals surface area contributed by atoms with E-state index in [1.807, 2.05) is 6.92 Å². The normalized spacial score (nSPS) is 25.1. The molecule has 1 saturated heterocycles. The van der Waals surface area contributed by atoms with Crippen LogP contribution in [0.2, 0.25) is 0 Å². The molecule has 0 aromatic rings. The lowest BCUT2D eigenvalue weighted by molar-refractivity contribution is -0.130. The third-order valence-corrected chi connectivity index (χ3v) is 3.31. The van der Waals surface area contributed by atoms with Crippen molar-refractivity contribution in [1.29, 1.82) is 0 Å². The molecule has 98 valence electrons. The van der Waals surface area contributed by atoms with E-state index in [1.165, 1.54) is 0 Å². The molecule has 1 amide bonds. The highest BCUT2D eigenvalue weighted by molar-refractivity contribution is 5.94. The molecule has 6 nitrogen and oxygen atoms in total. The zero-order chi connectivity index (χ0) is 12.9. The molecule has 17 heavy (non-hydrogen) atoms. The van der Waals surface area contributed by atoms with E-state index in [0.29, 0.717) is 13.0 Å². The van der Waals surface area contributed by atoms with Crippen molar-refractivity contribution in [3.8, 4) is 0 Å².